The van der Waals surface area contributed by atoms with Crippen LogP contribution in [0.25, 0.3) is 32.9 Å². The molecule has 1 aliphatic rings. The van der Waals surface area contributed by atoms with Crippen LogP contribution in [-0.2, 0) is 27.1 Å². The molecule has 6 rings (SSSR count). The summed E-state index contributed by atoms with van der Waals surface area (Å²) in [5.41, 5.74) is 6.09. The van der Waals surface area contributed by atoms with Crippen LogP contribution in [0.2, 0.25) is 0 Å². The fourth-order valence-electron chi connectivity index (χ4n) is 5.01. The number of hydrogen-bond acceptors (Lipinski definition) is 7. The normalized spacial score (nSPS) is 12.7. The number of aromatic amines is 1. The van der Waals surface area contributed by atoms with Crippen LogP contribution in [0, 0.1) is 0 Å². The van der Waals surface area contributed by atoms with Gasteiger partial charge < -0.3 is 19.8 Å². The van der Waals surface area contributed by atoms with Crippen LogP contribution in [0.5, 0.6) is 0 Å². The van der Waals surface area contributed by atoms with Gasteiger partial charge in [0, 0.05) is 10.4 Å². The molecule has 1 unspecified atom stereocenters. The zero-order valence-electron chi connectivity index (χ0n) is 22.5. The summed E-state index contributed by atoms with van der Waals surface area (Å²) in [7, 11) is 0. The number of carbonyl (C=O) groups is 3. The number of amides is 1. The second-order valence-electron chi connectivity index (χ2n) is 9.71. The van der Waals surface area contributed by atoms with E-state index in [0.29, 0.717) is 33.8 Å². The van der Waals surface area contributed by atoms with Crippen molar-refractivity contribution in [3.05, 3.63) is 95.1 Å². The van der Waals surface area contributed by atoms with Crippen molar-refractivity contribution in [1.82, 2.24) is 9.97 Å². The molecule has 0 saturated carbocycles. The maximum Gasteiger partial charge on any atom is 0.341 e. The number of H-pyrrole nitrogens is 1. The number of aromatic nitrogens is 2. The van der Waals surface area contributed by atoms with Gasteiger partial charge in [-0.05, 0) is 61.6 Å². The first kappa shape index (κ1) is 26.5. The Morgan fingerprint density at radius 1 is 1.00 bits per heavy atom. The lowest BCUT2D eigenvalue weighted by atomic mass is 9.89. The highest BCUT2D eigenvalue weighted by atomic mass is 32.1. The molecule has 0 radical (unpaired) electrons. The van der Waals surface area contributed by atoms with E-state index < -0.39 is 23.9 Å². The Kier molecular flexibility index (Phi) is 7.11. The van der Waals surface area contributed by atoms with Gasteiger partial charge >= 0.3 is 11.9 Å². The summed E-state index contributed by atoms with van der Waals surface area (Å²) in [5, 5.41) is 3.22. The number of benzene rings is 3. The molecule has 0 spiro atoms. The number of thiophene rings is 1. The van der Waals surface area contributed by atoms with Gasteiger partial charge in [0.2, 0.25) is 0 Å². The fraction of sp³-hybridized carbons (Fsp3) is 0.188. The second kappa shape index (κ2) is 11.0. The van der Waals surface area contributed by atoms with Crippen molar-refractivity contribution in [3.63, 3.8) is 0 Å². The number of nitrogens with one attached hydrogen (secondary N) is 2. The molecule has 41 heavy (non-hydrogen) atoms. The zero-order valence-corrected chi connectivity index (χ0v) is 23.3. The van der Waals surface area contributed by atoms with Crippen molar-refractivity contribution in [2.45, 2.75) is 32.8 Å². The zero-order chi connectivity index (χ0) is 28.5. The molecule has 2 aromatic heterocycles. The topological polar surface area (TPSA) is 110 Å². The lowest BCUT2D eigenvalue weighted by Crippen LogP contribution is -2.30. The van der Waals surface area contributed by atoms with Crippen molar-refractivity contribution in [3.8, 4) is 21.8 Å². The van der Waals surface area contributed by atoms with Gasteiger partial charge in [0.1, 0.15) is 10.8 Å². The van der Waals surface area contributed by atoms with Crippen LogP contribution in [0.15, 0.2) is 72.8 Å². The van der Waals surface area contributed by atoms with E-state index in [1.807, 2.05) is 48.5 Å². The van der Waals surface area contributed by atoms with E-state index >= 15 is 0 Å². The molecule has 2 N–H and O–H groups in total. The predicted octanol–water partition coefficient (Wildman–Crippen LogP) is 6.42. The molecular weight excluding hydrogens is 538 g/mol. The van der Waals surface area contributed by atoms with E-state index in [0.717, 1.165) is 28.0 Å². The Morgan fingerprint density at radius 2 is 1.78 bits per heavy atom. The number of imidazole rings is 1. The summed E-state index contributed by atoms with van der Waals surface area (Å²) in [6.45, 7) is 3.46. The largest absolute Gasteiger partial charge is 0.462 e. The summed E-state index contributed by atoms with van der Waals surface area (Å²) in [5.74, 6) is -0.968. The van der Waals surface area contributed by atoms with Crippen LogP contribution in [0.4, 0.5) is 5.00 Å². The lowest BCUT2D eigenvalue weighted by molar-refractivity contribution is -0.123. The molecule has 8 nitrogen and oxygen atoms in total. The monoisotopic (exact) mass is 565 g/mol. The van der Waals surface area contributed by atoms with Gasteiger partial charge in [0.05, 0.1) is 28.8 Å². The number of esters is 2. The summed E-state index contributed by atoms with van der Waals surface area (Å²) >= 11 is 1.34. The molecule has 5 aromatic rings. The Hall–Kier alpha value is -4.76. The molecule has 0 aliphatic heterocycles. The first-order valence-corrected chi connectivity index (χ1v) is 14.2. The quantitative estimate of drug-likeness (QED) is 0.221. The highest BCUT2D eigenvalue weighted by Gasteiger charge is 2.31. The van der Waals surface area contributed by atoms with Crippen LogP contribution >= 0.6 is 11.3 Å². The highest BCUT2D eigenvalue weighted by Crippen LogP contribution is 2.45. The smallest absolute Gasteiger partial charge is 0.341 e. The van der Waals surface area contributed by atoms with Crippen molar-refractivity contribution in [2.75, 3.05) is 11.9 Å². The van der Waals surface area contributed by atoms with Gasteiger partial charge in [-0.3, -0.25) is 4.79 Å². The average molecular weight is 566 g/mol. The predicted molar refractivity (Wildman–Crippen MR) is 158 cm³/mol. The first-order chi connectivity index (χ1) is 19.9. The van der Waals surface area contributed by atoms with Gasteiger partial charge in [-0.1, -0.05) is 54.6 Å². The van der Waals surface area contributed by atoms with Gasteiger partial charge in [-0.15, -0.1) is 11.3 Å². The number of ether oxygens (including phenoxy) is 2. The fourth-order valence-corrected chi connectivity index (χ4v) is 6.31. The van der Waals surface area contributed by atoms with Gasteiger partial charge in [-0.2, -0.15) is 0 Å². The van der Waals surface area contributed by atoms with Gasteiger partial charge in [-0.25, -0.2) is 14.6 Å². The molecule has 0 saturated heterocycles. The molecular formula is C32H27N3O5S. The number of nitrogens with zero attached hydrogens (tertiary/aromatic N) is 1. The summed E-state index contributed by atoms with van der Waals surface area (Å²) < 4.78 is 10.9. The van der Waals surface area contributed by atoms with Gasteiger partial charge in [0.25, 0.3) is 5.91 Å². The van der Waals surface area contributed by atoms with Crippen LogP contribution < -0.4 is 5.32 Å². The summed E-state index contributed by atoms with van der Waals surface area (Å²) in [6.07, 6.45) is 0.349. The SMILES string of the molecule is CCOC(=O)c1c(NC(=O)C(C)OC(=O)c2ccc3nc(-c4ccccc4)[nH]c3c2)sc2c1CCc1ccccc1-2. The van der Waals surface area contributed by atoms with E-state index in [9.17, 15) is 14.4 Å². The van der Waals surface area contributed by atoms with Crippen molar-refractivity contribution in [1.29, 1.82) is 0 Å². The molecule has 1 aliphatic carbocycles. The number of hydrogen-bond donors (Lipinski definition) is 2. The molecule has 9 heteroatoms. The number of carbonyl (C=O) groups excluding carboxylic acids is 3. The summed E-state index contributed by atoms with van der Waals surface area (Å²) in [6, 6.07) is 22.7. The van der Waals surface area contributed by atoms with Crippen molar-refractivity contribution in [2.24, 2.45) is 0 Å². The maximum atomic E-state index is 13.2. The molecule has 2 heterocycles. The van der Waals surface area contributed by atoms with Crippen molar-refractivity contribution >= 4 is 45.2 Å². The van der Waals surface area contributed by atoms with Crippen molar-refractivity contribution < 1.29 is 23.9 Å². The number of rotatable bonds is 7. The molecule has 1 atom stereocenters. The third-order valence-electron chi connectivity index (χ3n) is 7.05. The Labute approximate surface area is 240 Å². The van der Waals surface area contributed by atoms with E-state index in [2.05, 4.69) is 21.4 Å². The Bertz CT molecular complexity index is 1790. The van der Waals surface area contributed by atoms with Crippen LogP contribution in [-0.4, -0.2) is 40.5 Å². The van der Waals surface area contributed by atoms with Crippen LogP contribution in [0.3, 0.4) is 0 Å². The van der Waals surface area contributed by atoms with E-state index in [1.54, 1.807) is 25.1 Å². The minimum absolute atomic E-state index is 0.217. The number of fused-ring (bicyclic) bond motifs is 4. The minimum atomic E-state index is -1.11. The van der Waals surface area contributed by atoms with E-state index in [1.165, 1.54) is 23.8 Å². The number of anilines is 1. The third-order valence-corrected chi connectivity index (χ3v) is 8.23. The van der Waals surface area contributed by atoms with E-state index in [4.69, 9.17) is 9.47 Å². The standard InChI is InChI=1S/C32H27N3O5S/c1-3-39-32(38)26-23-15-13-19-9-7-8-12-22(19)27(23)41-30(26)35-29(36)18(2)40-31(37)21-14-16-24-25(17-21)34-28(33-24)20-10-5-4-6-11-20/h4-12,14,16-18H,3,13,15H2,1-2H3,(H,33,34)(H,35,36). The average Bonchev–Trinajstić information content (AvgIpc) is 3.59. The number of aryl methyl sites for hydroxylation is 1. The minimum Gasteiger partial charge on any atom is -0.462 e. The molecule has 1 amide bonds. The van der Waals surface area contributed by atoms with Crippen LogP contribution in [0.1, 0.15) is 45.7 Å². The molecule has 3 aromatic carbocycles. The maximum absolute atomic E-state index is 13.2. The first-order valence-electron chi connectivity index (χ1n) is 13.4. The molecule has 0 bridgehead atoms. The highest BCUT2D eigenvalue weighted by molar-refractivity contribution is 7.20. The molecule has 0 fully saturated rings. The third kappa shape index (κ3) is 5.12. The Balaban J connectivity index is 1.21. The summed E-state index contributed by atoms with van der Waals surface area (Å²) in [4.78, 5) is 47.9. The lowest BCUT2D eigenvalue weighted by Gasteiger charge is -2.16. The molecule has 206 valence electrons. The van der Waals surface area contributed by atoms with E-state index in [-0.39, 0.29) is 12.2 Å². The Morgan fingerprint density at radius 3 is 2.59 bits per heavy atom. The second-order valence-corrected chi connectivity index (χ2v) is 10.7. The van der Waals surface area contributed by atoms with Gasteiger partial charge in [0.15, 0.2) is 6.10 Å².